The lowest BCUT2D eigenvalue weighted by Crippen LogP contribution is -2.22. The van der Waals surface area contributed by atoms with Gasteiger partial charge in [-0.15, -0.1) is 0 Å². The molecule has 2 N–H and O–H groups in total. The van der Waals surface area contributed by atoms with E-state index in [0.717, 1.165) is 16.7 Å². The molecule has 1 nitrogen and oxygen atoms in total. The Kier molecular flexibility index (Phi) is 3.48. The van der Waals surface area contributed by atoms with Crippen molar-refractivity contribution in [2.45, 2.75) is 25.8 Å². The van der Waals surface area contributed by atoms with Crippen LogP contribution in [0.2, 0.25) is 0 Å². The third-order valence-corrected chi connectivity index (χ3v) is 3.46. The maximum absolute atomic E-state index is 13.4. The van der Waals surface area contributed by atoms with Gasteiger partial charge in [-0.3, -0.25) is 0 Å². The Morgan fingerprint density at radius 3 is 2.44 bits per heavy atom. The Bertz CT molecular complexity index is 546. The van der Waals surface area contributed by atoms with Crippen molar-refractivity contribution in [3.63, 3.8) is 0 Å². The van der Waals surface area contributed by atoms with Crippen LogP contribution in [0.1, 0.15) is 30.5 Å². The third-order valence-electron chi connectivity index (χ3n) is 3.46. The molecular weight excluding hydrogens is 225 g/mol. The van der Waals surface area contributed by atoms with E-state index in [4.69, 9.17) is 5.73 Å². The molecule has 0 saturated heterocycles. The average molecular weight is 243 g/mol. The van der Waals surface area contributed by atoms with Crippen LogP contribution in [-0.2, 0) is 12.0 Å². The molecule has 0 aliphatic rings. The summed E-state index contributed by atoms with van der Waals surface area (Å²) < 4.78 is 13.4. The van der Waals surface area contributed by atoms with Crippen LogP contribution in [0.5, 0.6) is 0 Å². The molecule has 0 aliphatic carbocycles. The maximum atomic E-state index is 13.4. The monoisotopic (exact) mass is 243 g/mol. The fraction of sp³-hybridized carbons (Fsp3) is 0.250. The molecule has 2 aromatic carbocycles. The van der Waals surface area contributed by atoms with Crippen LogP contribution in [0.15, 0.2) is 48.5 Å². The molecule has 0 bridgehead atoms. The fourth-order valence-corrected chi connectivity index (χ4v) is 2.34. The average Bonchev–Trinajstić information content (AvgIpc) is 2.38. The second kappa shape index (κ2) is 4.91. The lowest BCUT2D eigenvalue weighted by atomic mass is 9.76. The van der Waals surface area contributed by atoms with Crippen molar-refractivity contribution in [1.82, 2.24) is 0 Å². The van der Waals surface area contributed by atoms with E-state index in [-0.39, 0.29) is 11.2 Å². The van der Waals surface area contributed by atoms with Crippen LogP contribution in [0, 0.1) is 5.82 Å². The molecule has 18 heavy (non-hydrogen) atoms. The minimum absolute atomic E-state index is 0.203. The van der Waals surface area contributed by atoms with E-state index in [0.29, 0.717) is 6.54 Å². The second-order valence-electron chi connectivity index (χ2n) is 5.00. The Balaban J connectivity index is 2.54. The van der Waals surface area contributed by atoms with Gasteiger partial charge in [-0.25, -0.2) is 4.39 Å². The van der Waals surface area contributed by atoms with Gasteiger partial charge in [0.2, 0.25) is 0 Å². The molecule has 2 aromatic rings. The molecule has 94 valence electrons. The Morgan fingerprint density at radius 1 is 1.06 bits per heavy atom. The van der Waals surface area contributed by atoms with Gasteiger partial charge in [-0.05, 0) is 28.8 Å². The summed E-state index contributed by atoms with van der Waals surface area (Å²) in [5.41, 5.74) is 8.75. The van der Waals surface area contributed by atoms with Crippen LogP contribution >= 0.6 is 0 Å². The zero-order chi connectivity index (χ0) is 13.2. The van der Waals surface area contributed by atoms with Gasteiger partial charge < -0.3 is 5.73 Å². The summed E-state index contributed by atoms with van der Waals surface area (Å²) >= 11 is 0. The van der Waals surface area contributed by atoms with E-state index < -0.39 is 0 Å². The van der Waals surface area contributed by atoms with Gasteiger partial charge in [-0.2, -0.15) is 0 Å². The summed E-state index contributed by atoms with van der Waals surface area (Å²) in [6.45, 7) is 4.68. The molecule has 0 radical (unpaired) electrons. The Morgan fingerprint density at radius 2 is 1.78 bits per heavy atom. The smallest absolute Gasteiger partial charge is 0.123 e. The van der Waals surface area contributed by atoms with Gasteiger partial charge in [0.25, 0.3) is 0 Å². The highest BCUT2D eigenvalue weighted by Crippen LogP contribution is 2.33. The molecule has 0 saturated carbocycles. The highest BCUT2D eigenvalue weighted by Gasteiger charge is 2.25. The summed E-state index contributed by atoms with van der Waals surface area (Å²) in [6.07, 6.45) is 0. The molecule has 0 atom stereocenters. The molecule has 0 spiro atoms. The van der Waals surface area contributed by atoms with E-state index >= 15 is 0 Å². The molecule has 2 rings (SSSR count). The van der Waals surface area contributed by atoms with Gasteiger partial charge in [-0.1, -0.05) is 50.2 Å². The lowest BCUT2D eigenvalue weighted by molar-refractivity contribution is 0.597. The fourth-order valence-electron chi connectivity index (χ4n) is 2.34. The van der Waals surface area contributed by atoms with Crippen molar-refractivity contribution < 1.29 is 4.39 Å². The van der Waals surface area contributed by atoms with Gasteiger partial charge >= 0.3 is 0 Å². The zero-order valence-corrected chi connectivity index (χ0v) is 10.8. The van der Waals surface area contributed by atoms with Crippen LogP contribution in [-0.4, -0.2) is 0 Å². The quantitative estimate of drug-likeness (QED) is 0.875. The Hall–Kier alpha value is -1.67. The first-order valence-corrected chi connectivity index (χ1v) is 6.10. The number of halogens is 1. The van der Waals surface area contributed by atoms with Crippen molar-refractivity contribution in [1.29, 1.82) is 0 Å². The van der Waals surface area contributed by atoms with E-state index in [2.05, 4.69) is 19.9 Å². The summed E-state index contributed by atoms with van der Waals surface area (Å²) in [5.74, 6) is -0.203. The summed E-state index contributed by atoms with van der Waals surface area (Å²) in [4.78, 5) is 0. The summed E-state index contributed by atoms with van der Waals surface area (Å²) in [7, 11) is 0. The van der Waals surface area contributed by atoms with Crippen molar-refractivity contribution in [3.05, 3.63) is 71.0 Å². The first kappa shape index (κ1) is 12.8. The standard InChI is InChI=1S/C16H18FN/c1-16(2,13-7-5-8-14(17)10-13)15-9-4-3-6-12(15)11-18/h3-10H,11,18H2,1-2H3. The van der Waals surface area contributed by atoms with Crippen LogP contribution < -0.4 is 5.73 Å². The number of hydrogen-bond acceptors (Lipinski definition) is 1. The summed E-state index contributed by atoms with van der Waals surface area (Å²) in [6, 6.07) is 14.8. The molecule has 0 amide bonds. The van der Waals surface area contributed by atoms with Crippen LogP contribution in [0.4, 0.5) is 4.39 Å². The maximum Gasteiger partial charge on any atom is 0.123 e. The molecule has 0 aliphatic heterocycles. The molecule has 0 heterocycles. The minimum atomic E-state index is -0.252. The largest absolute Gasteiger partial charge is 0.326 e. The van der Waals surface area contributed by atoms with Crippen molar-refractivity contribution >= 4 is 0 Å². The second-order valence-corrected chi connectivity index (χ2v) is 5.00. The van der Waals surface area contributed by atoms with E-state index in [1.807, 2.05) is 24.3 Å². The topological polar surface area (TPSA) is 26.0 Å². The molecule has 2 heteroatoms. The predicted octanol–water partition coefficient (Wildman–Crippen LogP) is 3.61. The van der Waals surface area contributed by atoms with Gasteiger partial charge in [0.05, 0.1) is 0 Å². The van der Waals surface area contributed by atoms with Crippen LogP contribution in [0.25, 0.3) is 0 Å². The van der Waals surface area contributed by atoms with Gasteiger partial charge in [0.15, 0.2) is 0 Å². The van der Waals surface area contributed by atoms with Crippen molar-refractivity contribution in [2.24, 2.45) is 5.73 Å². The molecule has 0 aromatic heterocycles. The number of rotatable bonds is 3. The van der Waals surface area contributed by atoms with Crippen molar-refractivity contribution in [2.75, 3.05) is 0 Å². The minimum Gasteiger partial charge on any atom is -0.326 e. The zero-order valence-electron chi connectivity index (χ0n) is 10.8. The molecule has 0 unspecified atom stereocenters. The predicted molar refractivity (Wildman–Crippen MR) is 72.9 cm³/mol. The number of hydrogen-bond donors (Lipinski definition) is 1. The SMILES string of the molecule is CC(C)(c1cccc(F)c1)c1ccccc1CN. The van der Waals surface area contributed by atoms with E-state index in [1.54, 1.807) is 12.1 Å². The highest BCUT2D eigenvalue weighted by atomic mass is 19.1. The first-order chi connectivity index (χ1) is 8.55. The third kappa shape index (κ3) is 2.29. The molecule has 0 fully saturated rings. The van der Waals surface area contributed by atoms with E-state index in [1.165, 1.54) is 6.07 Å². The van der Waals surface area contributed by atoms with Crippen molar-refractivity contribution in [3.8, 4) is 0 Å². The normalized spacial score (nSPS) is 11.6. The highest BCUT2D eigenvalue weighted by molar-refractivity contribution is 5.42. The first-order valence-electron chi connectivity index (χ1n) is 6.10. The van der Waals surface area contributed by atoms with E-state index in [9.17, 15) is 4.39 Å². The molecular formula is C16H18FN. The summed E-state index contributed by atoms with van der Waals surface area (Å²) in [5, 5.41) is 0. The Labute approximate surface area is 107 Å². The van der Waals surface area contributed by atoms with Gasteiger partial charge in [0.1, 0.15) is 5.82 Å². The van der Waals surface area contributed by atoms with Crippen LogP contribution in [0.3, 0.4) is 0 Å². The number of nitrogens with two attached hydrogens (primary N) is 1. The number of benzene rings is 2. The van der Waals surface area contributed by atoms with Gasteiger partial charge in [0, 0.05) is 12.0 Å². The lowest BCUT2D eigenvalue weighted by Gasteiger charge is -2.28.